The number of nitrogens with one attached hydrogen (secondary N) is 1. The summed E-state index contributed by atoms with van der Waals surface area (Å²) < 4.78 is 10.2. The molecule has 1 aliphatic rings. The Morgan fingerprint density at radius 3 is 3.00 bits per heavy atom. The fraction of sp³-hybridized carbons (Fsp3) is 0.643. The van der Waals surface area contributed by atoms with Crippen molar-refractivity contribution < 1.29 is 14.3 Å². The fourth-order valence-corrected chi connectivity index (χ4v) is 3.22. The van der Waals surface area contributed by atoms with E-state index >= 15 is 0 Å². The Kier molecular flexibility index (Phi) is 5.36. The van der Waals surface area contributed by atoms with E-state index in [1.807, 2.05) is 6.07 Å². The lowest BCUT2D eigenvalue weighted by atomic mass is 10.0. The van der Waals surface area contributed by atoms with Crippen LogP contribution in [0.3, 0.4) is 0 Å². The molecule has 2 atom stereocenters. The second kappa shape index (κ2) is 7.03. The minimum Gasteiger partial charge on any atom is -0.469 e. The van der Waals surface area contributed by atoms with E-state index < -0.39 is 0 Å². The third kappa shape index (κ3) is 4.30. The lowest BCUT2D eigenvalue weighted by Gasteiger charge is -2.14. The second-order valence-electron chi connectivity index (χ2n) is 4.88. The Hall–Kier alpha value is -0.910. The Bertz CT molecular complexity index is 419. The number of hydrogen-bond donors (Lipinski definition) is 1. The molecule has 19 heavy (non-hydrogen) atoms. The second-order valence-corrected chi connectivity index (χ2v) is 6.13. The molecule has 1 saturated heterocycles. The van der Waals surface area contributed by atoms with Gasteiger partial charge >= 0.3 is 5.97 Å². The van der Waals surface area contributed by atoms with E-state index in [0.29, 0.717) is 18.4 Å². The molecule has 1 aromatic heterocycles. The molecule has 1 fully saturated rings. The van der Waals surface area contributed by atoms with Gasteiger partial charge in [-0.15, -0.1) is 11.3 Å². The van der Waals surface area contributed by atoms with Crippen LogP contribution in [0.5, 0.6) is 0 Å². The number of methoxy groups -OCH3 is 1. The average molecular weight is 283 g/mol. The Balaban J connectivity index is 1.72. The summed E-state index contributed by atoms with van der Waals surface area (Å²) in [7, 11) is 1.42. The summed E-state index contributed by atoms with van der Waals surface area (Å²) in [4.78, 5) is 13.5. The van der Waals surface area contributed by atoms with Crippen LogP contribution in [0.25, 0.3) is 0 Å². The van der Waals surface area contributed by atoms with Crippen LogP contribution >= 0.6 is 11.3 Å². The number of rotatable bonds is 6. The normalized spacial score (nSPS) is 22.6. The first-order valence-electron chi connectivity index (χ1n) is 6.65. The number of carbonyl (C=O) groups is 1. The highest BCUT2D eigenvalue weighted by atomic mass is 32.1. The maximum atomic E-state index is 11.2. The average Bonchev–Trinajstić information content (AvgIpc) is 3.00. The van der Waals surface area contributed by atoms with Crippen molar-refractivity contribution in [2.45, 2.75) is 32.4 Å². The Morgan fingerprint density at radius 2 is 2.32 bits per heavy atom. The zero-order valence-electron chi connectivity index (χ0n) is 11.5. The zero-order valence-corrected chi connectivity index (χ0v) is 12.3. The molecule has 2 unspecified atom stereocenters. The molecule has 106 valence electrons. The maximum absolute atomic E-state index is 11.2. The van der Waals surface area contributed by atoms with Crippen molar-refractivity contribution in [3.63, 3.8) is 0 Å². The Morgan fingerprint density at radius 1 is 1.53 bits per heavy atom. The number of carbonyl (C=O) groups excluding carboxylic acids is 1. The van der Waals surface area contributed by atoms with Gasteiger partial charge in [-0.05, 0) is 31.4 Å². The summed E-state index contributed by atoms with van der Waals surface area (Å²) in [6, 6.07) is 4.07. The van der Waals surface area contributed by atoms with Gasteiger partial charge in [-0.1, -0.05) is 0 Å². The monoisotopic (exact) mass is 283 g/mol. The fourth-order valence-electron chi connectivity index (χ4n) is 2.25. The van der Waals surface area contributed by atoms with E-state index in [0.717, 1.165) is 31.0 Å². The van der Waals surface area contributed by atoms with E-state index in [2.05, 4.69) is 23.0 Å². The predicted octanol–water partition coefficient (Wildman–Crippen LogP) is 1.98. The lowest BCUT2D eigenvalue weighted by Crippen LogP contribution is -2.26. The molecule has 0 spiro atoms. The molecular formula is C14H21NO3S. The van der Waals surface area contributed by atoms with Crippen LogP contribution in [0.4, 0.5) is 0 Å². The van der Waals surface area contributed by atoms with Gasteiger partial charge in [-0.2, -0.15) is 0 Å². The van der Waals surface area contributed by atoms with Crippen LogP contribution in [0.1, 0.15) is 23.1 Å². The maximum Gasteiger partial charge on any atom is 0.310 e. The van der Waals surface area contributed by atoms with Gasteiger partial charge in [0, 0.05) is 29.5 Å². The molecular weight excluding hydrogens is 262 g/mol. The highest BCUT2D eigenvalue weighted by Crippen LogP contribution is 2.20. The first kappa shape index (κ1) is 14.5. The standard InChI is InChI=1S/C14H21NO3S/c1-10-11(5-6-18-10)8-15-9-13-4-3-12(19-13)7-14(16)17-2/h3-4,10-11,15H,5-9H2,1-2H3. The van der Waals surface area contributed by atoms with Crippen LogP contribution < -0.4 is 5.32 Å². The molecule has 0 aromatic carbocycles. The molecule has 0 saturated carbocycles. The van der Waals surface area contributed by atoms with Gasteiger partial charge in [0.15, 0.2) is 0 Å². The highest BCUT2D eigenvalue weighted by Gasteiger charge is 2.23. The molecule has 0 aliphatic carbocycles. The largest absolute Gasteiger partial charge is 0.469 e. The van der Waals surface area contributed by atoms with Crippen molar-refractivity contribution >= 4 is 17.3 Å². The summed E-state index contributed by atoms with van der Waals surface area (Å²) >= 11 is 1.67. The van der Waals surface area contributed by atoms with Gasteiger partial charge < -0.3 is 14.8 Å². The molecule has 0 radical (unpaired) electrons. The lowest BCUT2D eigenvalue weighted by molar-refractivity contribution is -0.139. The molecule has 2 rings (SSSR count). The molecule has 1 aromatic rings. The van der Waals surface area contributed by atoms with Gasteiger partial charge in [0.2, 0.25) is 0 Å². The summed E-state index contributed by atoms with van der Waals surface area (Å²) in [5.74, 6) is 0.438. The summed E-state index contributed by atoms with van der Waals surface area (Å²) in [6.07, 6.45) is 1.88. The van der Waals surface area contributed by atoms with Crippen LogP contribution in [0.2, 0.25) is 0 Å². The van der Waals surface area contributed by atoms with E-state index in [1.54, 1.807) is 11.3 Å². The van der Waals surface area contributed by atoms with Gasteiger partial charge in [0.05, 0.1) is 19.6 Å². The van der Waals surface area contributed by atoms with Crippen molar-refractivity contribution in [1.29, 1.82) is 0 Å². The quantitative estimate of drug-likeness (QED) is 0.811. The minimum absolute atomic E-state index is 0.182. The molecule has 1 aliphatic heterocycles. The number of esters is 1. The topological polar surface area (TPSA) is 47.6 Å². The summed E-state index contributed by atoms with van der Waals surface area (Å²) in [6.45, 7) is 4.87. The van der Waals surface area contributed by atoms with Crippen LogP contribution in [-0.2, 0) is 27.2 Å². The zero-order chi connectivity index (χ0) is 13.7. The van der Waals surface area contributed by atoms with Crippen LogP contribution in [0.15, 0.2) is 12.1 Å². The van der Waals surface area contributed by atoms with Crippen molar-refractivity contribution in [2.75, 3.05) is 20.3 Å². The summed E-state index contributed by atoms with van der Waals surface area (Å²) in [5.41, 5.74) is 0. The SMILES string of the molecule is COC(=O)Cc1ccc(CNCC2CCOC2C)s1. The molecule has 0 bridgehead atoms. The van der Waals surface area contributed by atoms with E-state index in [-0.39, 0.29) is 5.97 Å². The number of ether oxygens (including phenoxy) is 2. The van der Waals surface area contributed by atoms with Gasteiger partial charge in [-0.3, -0.25) is 4.79 Å². The van der Waals surface area contributed by atoms with Gasteiger partial charge in [-0.25, -0.2) is 0 Å². The predicted molar refractivity (Wildman–Crippen MR) is 75.3 cm³/mol. The Labute approximate surface area is 118 Å². The first-order valence-corrected chi connectivity index (χ1v) is 7.47. The third-order valence-electron chi connectivity index (χ3n) is 3.50. The van der Waals surface area contributed by atoms with Crippen LogP contribution in [-0.4, -0.2) is 32.3 Å². The molecule has 0 amide bonds. The van der Waals surface area contributed by atoms with Gasteiger partial charge in [0.1, 0.15) is 0 Å². The van der Waals surface area contributed by atoms with Crippen molar-refractivity contribution in [3.8, 4) is 0 Å². The van der Waals surface area contributed by atoms with Crippen LogP contribution in [0, 0.1) is 5.92 Å². The molecule has 5 heteroatoms. The van der Waals surface area contributed by atoms with E-state index in [4.69, 9.17) is 4.74 Å². The number of hydrogen-bond acceptors (Lipinski definition) is 5. The number of thiophene rings is 1. The highest BCUT2D eigenvalue weighted by molar-refractivity contribution is 7.12. The molecule has 2 heterocycles. The third-order valence-corrected chi connectivity index (χ3v) is 4.59. The minimum atomic E-state index is -0.182. The molecule has 1 N–H and O–H groups in total. The molecule has 4 nitrogen and oxygen atoms in total. The summed E-state index contributed by atoms with van der Waals surface area (Å²) in [5, 5.41) is 3.47. The first-order chi connectivity index (χ1) is 9.19. The van der Waals surface area contributed by atoms with Crippen molar-refractivity contribution in [1.82, 2.24) is 5.32 Å². The van der Waals surface area contributed by atoms with E-state index in [1.165, 1.54) is 12.0 Å². The van der Waals surface area contributed by atoms with Crippen molar-refractivity contribution in [3.05, 3.63) is 21.9 Å². The van der Waals surface area contributed by atoms with Gasteiger partial charge in [0.25, 0.3) is 0 Å². The van der Waals surface area contributed by atoms with Crippen molar-refractivity contribution in [2.24, 2.45) is 5.92 Å². The smallest absolute Gasteiger partial charge is 0.310 e. The van der Waals surface area contributed by atoms with E-state index in [9.17, 15) is 4.79 Å².